The predicted molar refractivity (Wildman–Crippen MR) is 84.8 cm³/mol. The molecule has 0 fully saturated rings. The van der Waals surface area contributed by atoms with Crippen LogP contribution in [0.1, 0.15) is 29.6 Å². The van der Waals surface area contributed by atoms with Crippen molar-refractivity contribution in [3.05, 3.63) is 71.2 Å². The third kappa shape index (κ3) is 2.70. The van der Waals surface area contributed by atoms with Gasteiger partial charge in [0.1, 0.15) is 11.5 Å². The lowest BCUT2D eigenvalue weighted by Crippen LogP contribution is -2.06. The van der Waals surface area contributed by atoms with Crippen LogP contribution in [0.5, 0.6) is 0 Å². The largest absolute Gasteiger partial charge is 0.397 e. The number of imidazole rings is 1. The number of hydrogen-bond donors (Lipinski definition) is 1. The van der Waals surface area contributed by atoms with Crippen LogP contribution in [0.4, 0.5) is 4.39 Å². The van der Waals surface area contributed by atoms with Crippen molar-refractivity contribution in [2.45, 2.75) is 20.3 Å². The van der Waals surface area contributed by atoms with Crippen LogP contribution >= 0.6 is 0 Å². The first-order valence-electron chi connectivity index (χ1n) is 7.08. The van der Waals surface area contributed by atoms with Crippen LogP contribution in [-0.4, -0.2) is 14.4 Å². The number of benzene rings is 1. The quantitative estimate of drug-likeness (QED) is 0.808. The topological polar surface area (TPSA) is 56.2 Å². The van der Waals surface area contributed by atoms with E-state index in [1.54, 1.807) is 6.07 Å². The van der Waals surface area contributed by atoms with Gasteiger partial charge in [-0.25, -0.2) is 14.4 Å². The van der Waals surface area contributed by atoms with Gasteiger partial charge in [-0.05, 0) is 31.5 Å². The van der Waals surface area contributed by atoms with Gasteiger partial charge >= 0.3 is 0 Å². The van der Waals surface area contributed by atoms with Crippen molar-refractivity contribution in [3.63, 3.8) is 0 Å². The third-order valence-electron chi connectivity index (χ3n) is 3.50. The highest BCUT2D eigenvalue weighted by Gasteiger charge is 2.11. The number of rotatable bonds is 3. The summed E-state index contributed by atoms with van der Waals surface area (Å²) in [6.07, 6.45) is 6.10. The summed E-state index contributed by atoms with van der Waals surface area (Å²) in [6, 6.07) is 6.52. The number of nitrogens with two attached hydrogens (primary N) is 1. The molecule has 4 nitrogen and oxygen atoms in total. The fourth-order valence-electron chi connectivity index (χ4n) is 2.43. The van der Waals surface area contributed by atoms with E-state index in [9.17, 15) is 4.39 Å². The van der Waals surface area contributed by atoms with Crippen LogP contribution in [0.3, 0.4) is 0 Å². The summed E-state index contributed by atoms with van der Waals surface area (Å²) in [5, 5.41) is 0. The van der Waals surface area contributed by atoms with Gasteiger partial charge in [-0.3, -0.25) is 0 Å². The first kappa shape index (κ1) is 14.3. The molecule has 0 atom stereocenters. The number of allylic oxidation sites excluding steroid dienone is 1. The number of aromatic nitrogens is 3. The van der Waals surface area contributed by atoms with E-state index in [0.29, 0.717) is 17.8 Å². The molecule has 0 aliphatic carbocycles. The third-order valence-corrected chi connectivity index (χ3v) is 3.50. The fraction of sp³-hybridized carbons (Fsp3) is 0.176. The van der Waals surface area contributed by atoms with Gasteiger partial charge in [0, 0.05) is 18.8 Å². The van der Waals surface area contributed by atoms with Gasteiger partial charge in [0.25, 0.3) is 0 Å². The van der Waals surface area contributed by atoms with E-state index in [0.717, 1.165) is 22.6 Å². The number of aryl methyl sites for hydroxylation is 1. The fourth-order valence-corrected chi connectivity index (χ4v) is 2.43. The molecule has 0 spiro atoms. The monoisotopic (exact) mass is 296 g/mol. The zero-order valence-electron chi connectivity index (χ0n) is 12.5. The molecule has 112 valence electrons. The molecule has 2 aromatic heterocycles. The van der Waals surface area contributed by atoms with Crippen molar-refractivity contribution < 1.29 is 4.39 Å². The molecule has 0 aliphatic rings. The minimum absolute atomic E-state index is 0.253. The Morgan fingerprint density at radius 2 is 2.14 bits per heavy atom. The molecule has 0 aliphatic heterocycles. The van der Waals surface area contributed by atoms with Crippen molar-refractivity contribution in [2.24, 2.45) is 5.73 Å². The maximum Gasteiger partial charge on any atom is 0.159 e. The Hall–Kier alpha value is -2.69. The Labute approximate surface area is 128 Å². The SMILES string of the molecule is C/C=C(\N)c1cn2cc(C)nc2c(Cc2cccc(F)c2)n1. The lowest BCUT2D eigenvalue weighted by atomic mass is 10.1. The Morgan fingerprint density at radius 1 is 1.32 bits per heavy atom. The standard InChI is InChI=1S/C17H17FN4/c1-3-14(19)16-10-22-9-11(2)20-17(22)15(21-16)8-12-5-4-6-13(18)7-12/h3-7,9-10H,8,19H2,1-2H3/b14-3-. The molecule has 3 rings (SSSR count). The summed E-state index contributed by atoms with van der Waals surface area (Å²) < 4.78 is 15.3. The van der Waals surface area contributed by atoms with Gasteiger partial charge in [-0.1, -0.05) is 18.2 Å². The number of fused-ring (bicyclic) bond motifs is 1. The second kappa shape index (κ2) is 5.60. The summed E-state index contributed by atoms with van der Waals surface area (Å²) >= 11 is 0. The van der Waals surface area contributed by atoms with Gasteiger partial charge in [-0.15, -0.1) is 0 Å². The highest BCUT2D eigenvalue weighted by molar-refractivity contribution is 5.61. The summed E-state index contributed by atoms with van der Waals surface area (Å²) in [5.74, 6) is -0.253. The maximum absolute atomic E-state index is 13.4. The van der Waals surface area contributed by atoms with Crippen molar-refractivity contribution in [1.29, 1.82) is 0 Å². The lowest BCUT2D eigenvalue weighted by molar-refractivity contribution is 0.626. The van der Waals surface area contributed by atoms with Crippen molar-refractivity contribution in [1.82, 2.24) is 14.4 Å². The Balaban J connectivity index is 2.14. The van der Waals surface area contributed by atoms with E-state index in [4.69, 9.17) is 5.73 Å². The molecule has 0 amide bonds. The van der Waals surface area contributed by atoms with Gasteiger partial charge < -0.3 is 10.1 Å². The van der Waals surface area contributed by atoms with Crippen LogP contribution in [0.2, 0.25) is 0 Å². The summed E-state index contributed by atoms with van der Waals surface area (Å²) in [7, 11) is 0. The highest BCUT2D eigenvalue weighted by Crippen LogP contribution is 2.17. The van der Waals surface area contributed by atoms with Crippen LogP contribution in [-0.2, 0) is 6.42 Å². The number of hydrogen-bond acceptors (Lipinski definition) is 3. The minimum atomic E-state index is -0.253. The molecule has 2 N–H and O–H groups in total. The molecule has 0 saturated carbocycles. The molecule has 22 heavy (non-hydrogen) atoms. The second-order valence-corrected chi connectivity index (χ2v) is 5.24. The van der Waals surface area contributed by atoms with Crippen LogP contribution in [0.25, 0.3) is 11.3 Å². The van der Waals surface area contributed by atoms with Crippen LogP contribution in [0, 0.1) is 12.7 Å². The molecule has 1 aromatic carbocycles. The highest BCUT2D eigenvalue weighted by atomic mass is 19.1. The molecular weight excluding hydrogens is 279 g/mol. The summed E-state index contributed by atoms with van der Waals surface area (Å²) in [4.78, 5) is 9.12. The second-order valence-electron chi connectivity index (χ2n) is 5.24. The normalized spacial score (nSPS) is 12.0. The number of halogens is 1. The summed E-state index contributed by atoms with van der Waals surface area (Å²) in [6.45, 7) is 3.80. The smallest absolute Gasteiger partial charge is 0.159 e. The zero-order chi connectivity index (χ0) is 15.7. The van der Waals surface area contributed by atoms with Crippen molar-refractivity contribution >= 4 is 11.3 Å². The molecule has 5 heteroatoms. The Bertz CT molecular complexity index is 864. The molecule has 0 radical (unpaired) electrons. The average Bonchev–Trinajstić information content (AvgIpc) is 2.87. The van der Waals surface area contributed by atoms with Gasteiger partial charge in [0.05, 0.1) is 17.1 Å². The van der Waals surface area contributed by atoms with Crippen LogP contribution < -0.4 is 5.73 Å². The zero-order valence-corrected chi connectivity index (χ0v) is 12.5. The van der Waals surface area contributed by atoms with Gasteiger partial charge in [-0.2, -0.15) is 0 Å². The summed E-state index contributed by atoms with van der Waals surface area (Å²) in [5.41, 5.74) is 10.6. The Kier molecular flexibility index (Phi) is 3.63. The van der Waals surface area contributed by atoms with E-state index < -0.39 is 0 Å². The van der Waals surface area contributed by atoms with Gasteiger partial charge in [0.2, 0.25) is 0 Å². The van der Waals surface area contributed by atoms with E-state index in [2.05, 4.69) is 9.97 Å². The van der Waals surface area contributed by atoms with E-state index in [1.807, 2.05) is 42.8 Å². The van der Waals surface area contributed by atoms with Crippen LogP contribution in [0.15, 0.2) is 42.7 Å². The van der Waals surface area contributed by atoms with Crippen molar-refractivity contribution in [2.75, 3.05) is 0 Å². The molecule has 0 saturated heterocycles. The molecule has 3 aromatic rings. The first-order valence-corrected chi connectivity index (χ1v) is 7.08. The molecule has 0 bridgehead atoms. The molecular formula is C17H17FN4. The molecule has 0 unspecified atom stereocenters. The lowest BCUT2D eigenvalue weighted by Gasteiger charge is -2.08. The van der Waals surface area contributed by atoms with E-state index >= 15 is 0 Å². The van der Waals surface area contributed by atoms with Gasteiger partial charge in [0.15, 0.2) is 5.65 Å². The predicted octanol–water partition coefficient (Wildman–Crippen LogP) is 3.09. The minimum Gasteiger partial charge on any atom is -0.397 e. The Morgan fingerprint density at radius 3 is 2.86 bits per heavy atom. The average molecular weight is 296 g/mol. The van der Waals surface area contributed by atoms with E-state index in [-0.39, 0.29) is 5.82 Å². The maximum atomic E-state index is 13.4. The molecule has 2 heterocycles. The van der Waals surface area contributed by atoms with Crippen molar-refractivity contribution in [3.8, 4) is 0 Å². The van der Waals surface area contributed by atoms with E-state index in [1.165, 1.54) is 12.1 Å². The number of nitrogens with zero attached hydrogens (tertiary/aromatic N) is 3. The first-order chi connectivity index (χ1) is 10.6.